The van der Waals surface area contributed by atoms with Gasteiger partial charge in [-0.3, -0.25) is 0 Å². The molecule has 0 radical (unpaired) electrons. The van der Waals surface area contributed by atoms with Crippen LogP contribution in [0.2, 0.25) is 0 Å². The van der Waals surface area contributed by atoms with Gasteiger partial charge in [-0.2, -0.15) is 0 Å². The minimum atomic E-state index is 0.262. The lowest BCUT2D eigenvalue weighted by Crippen LogP contribution is -2.39. The van der Waals surface area contributed by atoms with E-state index in [-0.39, 0.29) is 12.1 Å². The van der Waals surface area contributed by atoms with Crippen molar-refractivity contribution in [2.45, 2.75) is 39.3 Å². The van der Waals surface area contributed by atoms with E-state index in [1.807, 2.05) is 20.9 Å². The lowest BCUT2D eigenvalue weighted by Gasteiger charge is -2.25. The molecule has 2 heteroatoms. The van der Waals surface area contributed by atoms with E-state index in [4.69, 9.17) is 4.74 Å². The Morgan fingerprint density at radius 3 is 2.33 bits per heavy atom. The Morgan fingerprint density at radius 2 is 2.08 bits per heavy atom. The number of ether oxygens (including phenoxy) is 1. The largest absolute Gasteiger partial charge is 0.377 e. The van der Waals surface area contributed by atoms with Gasteiger partial charge in [0.2, 0.25) is 0 Å². The Hall–Kier alpha value is -0.340. The maximum absolute atomic E-state index is 5.58. The number of nitrogens with one attached hydrogen (secondary N) is 1. The van der Waals surface area contributed by atoms with E-state index in [1.165, 1.54) is 0 Å². The van der Waals surface area contributed by atoms with Crippen LogP contribution in [-0.4, -0.2) is 25.8 Å². The number of hydrogen-bond donors (Lipinski definition) is 1. The van der Waals surface area contributed by atoms with Crippen LogP contribution in [0.1, 0.15) is 27.2 Å². The molecule has 12 heavy (non-hydrogen) atoms. The molecule has 0 aromatic rings. The molecule has 0 heterocycles. The van der Waals surface area contributed by atoms with E-state index >= 15 is 0 Å². The van der Waals surface area contributed by atoms with Gasteiger partial charge in [-0.25, -0.2) is 0 Å². The Bertz CT molecular complexity index is 134. The van der Waals surface area contributed by atoms with E-state index < -0.39 is 0 Å². The molecule has 0 bridgehead atoms. The van der Waals surface area contributed by atoms with Crippen molar-refractivity contribution in [1.29, 1.82) is 0 Å². The van der Waals surface area contributed by atoms with Crippen molar-refractivity contribution in [3.05, 3.63) is 12.2 Å². The van der Waals surface area contributed by atoms with Gasteiger partial charge in [0, 0.05) is 6.61 Å². The van der Waals surface area contributed by atoms with Crippen LogP contribution in [0.3, 0.4) is 0 Å². The summed E-state index contributed by atoms with van der Waals surface area (Å²) < 4.78 is 5.58. The van der Waals surface area contributed by atoms with Crippen LogP contribution in [0.4, 0.5) is 0 Å². The van der Waals surface area contributed by atoms with Crippen molar-refractivity contribution in [1.82, 2.24) is 5.32 Å². The summed E-state index contributed by atoms with van der Waals surface area (Å²) in [6.45, 7) is 10.9. The summed E-state index contributed by atoms with van der Waals surface area (Å²) in [5.74, 6) is 0. The van der Waals surface area contributed by atoms with Crippen molar-refractivity contribution in [2.75, 3.05) is 13.7 Å². The first-order valence-corrected chi connectivity index (χ1v) is 4.61. The molecule has 72 valence electrons. The van der Waals surface area contributed by atoms with Crippen LogP contribution in [0.15, 0.2) is 12.2 Å². The summed E-state index contributed by atoms with van der Waals surface area (Å²) in [6, 6.07) is 0.287. The van der Waals surface area contributed by atoms with Gasteiger partial charge in [-0.05, 0) is 27.3 Å². The SMILES string of the molecule is C=C(C)C(NC)C(CC)OCC. The Labute approximate surface area is 76.0 Å². The molecule has 2 nitrogen and oxygen atoms in total. The van der Waals surface area contributed by atoms with Gasteiger partial charge < -0.3 is 10.1 Å². The molecule has 0 aliphatic heterocycles. The molecular weight excluding hydrogens is 150 g/mol. The average Bonchev–Trinajstić information content (AvgIpc) is 2.03. The average molecular weight is 171 g/mol. The van der Waals surface area contributed by atoms with E-state index in [9.17, 15) is 0 Å². The van der Waals surface area contributed by atoms with Crippen LogP contribution in [0.25, 0.3) is 0 Å². The molecule has 0 amide bonds. The van der Waals surface area contributed by atoms with Gasteiger partial charge in [0.05, 0.1) is 12.1 Å². The number of likely N-dealkylation sites (N-methyl/N-ethyl adjacent to an activating group) is 1. The maximum Gasteiger partial charge on any atom is 0.0763 e. The molecule has 0 aromatic heterocycles. The van der Waals surface area contributed by atoms with Crippen LogP contribution in [-0.2, 0) is 4.74 Å². The van der Waals surface area contributed by atoms with E-state index in [2.05, 4.69) is 18.8 Å². The molecule has 0 aliphatic carbocycles. The van der Waals surface area contributed by atoms with E-state index in [0.29, 0.717) is 0 Å². The Balaban J connectivity index is 4.12. The molecule has 0 fully saturated rings. The first-order valence-electron chi connectivity index (χ1n) is 4.61. The highest BCUT2D eigenvalue weighted by atomic mass is 16.5. The molecule has 0 aromatic carbocycles. The number of rotatable bonds is 6. The van der Waals surface area contributed by atoms with Crippen molar-refractivity contribution in [3.8, 4) is 0 Å². The third-order valence-electron chi connectivity index (χ3n) is 2.00. The predicted molar refractivity (Wildman–Crippen MR) is 53.4 cm³/mol. The fourth-order valence-electron chi connectivity index (χ4n) is 1.41. The predicted octanol–water partition coefficient (Wildman–Crippen LogP) is 1.97. The highest BCUT2D eigenvalue weighted by Gasteiger charge is 2.18. The Morgan fingerprint density at radius 1 is 1.50 bits per heavy atom. The molecular formula is C10H21NO. The first-order chi connectivity index (χ1) is 5.67. The standard InChI is InChI=1S/C10H21NO/c1-6-9(12-7-2)10(11-5)8(3)4/h9-11H,3,6-7H2,1-2,4-5H3. The van der Waals surface area contributed by atoms with E-state index in [0.717, 1.165) is 18.6 Å². The second kappa shape index (κ2) is 6.21. The van der Waals surface area contributed by atoms with Gasteiger partial charge in [0.25, 0.3) is 0 Å². The zero-order valence-electron chi connectivity index (χ0n) is 8.68. The summed E-state index contributed by atoms with van der Waals surface area (Å²) in [7, 11) is 1.95. The summed E-state index contributed by atoms with van der Waals surface area (Å²) in [4.78, 5) is 0. The van der Waals surface area contributed by atoms with Crippen molar-refractivity contribution in [3.63, 3.8) is 0 Å². The smallest absolute Gasteiger partial charge is 0.0763 e. The normalized spacial score (nSPS) is 15.7. The van der Waals surface area contributed by atoms with Gasteiger partial charge in [-0.15, -0.1) is 0 Å². The van der Waals surface area contributed by atoms with Gasteiger partial charge in [0.1, 0.15) is 0 Å². The molecule has 2 unspecified atom stereocenters. The van der Waals surface area contributed by atoms with Gasteiger partial charge >= 0.3 is 0 Å². The van der Waals surface area contributed by atoms with Crippen LogP contribution in [0, 0.1) is 0 Å². The summed E-state index contributed by atoms with van der Waals surface area (Å²) in [5.41, 5.74) is 1.14. The molecule has 0 spiro atoms. The summed E-state index contributed by atoms with van der Waals surface area (Å²) in [6.07, 6.45) is 1.28. The zero-order chi connectivity index (χ0) is 9.56. The van der Waals surface area contributed by atoms with Gasteiger partial charge in [0.15, 0.2) is 0 Å². The highest BCUT2D eigenvalue weighted by molar-refractivity contribution is 5.04. The number of hydrogen-bond acceptors (Lipinski definition) is 2. The van der Waals surface area contributed by atoms with Crippen LogP contribution < -0.4 is 5.32 Å². The monoisotopic (exact) mass is 171 g/mol. The minimum absolute atomic E-state index is 0.262. The third kappa shape index (κ3) is 3.37. The third-order valence-corrected chi connectivity index (χ3v) is 2.00. The summed E-state index contributed by atoms with van der Waals surface area (Å²) >= 11 is 0. The molecule has 0 saturated heterocycles. The fourth-order valence-corrected chi connectivity index (χ4v) is 1.41. The van der Waals surface area contributed by atoms with Crippen LogP contribution >= 0.6 is 0 Å². The highest BCUT2D eigenvalue weighted by Crippen LogP contribution is 2.10. The molecule has 0 saturated carbocycles. The van der Waals surface area contributed by atoms with Crippen LogP contribution in [0.5, 0.6) is 0 Å². The topological polar surface area (TPSA) is 21.3 Å². The summed E-state index contributed by atoms with van der Waals surface area (Å²) in [5, 5.41) is 3.21. The lowest BCUT2D eigenvalue weighted by molar-refractivity contribution is 0.0426. The van der Waals surface area contributed by atoms with Gasteiger partial charge in [-0.1, -0.05) is 19.1 Å². The molecule has 1 N–H and O–H groups in total. The van der Waals surface area contributed by atoms with Crippen molar-refractivity contribution in [2.24, 2.45) is 0 Å². The lowest BCUT2D eigenvalue weighted by atomic mass is 10.0. The second-order valence-corrected chi connectivity index (χ2v) is 3.01. The van der Waals surface area contributed by atoms with Crippen molar-refractivity contribution < 1.29 is 4.74 Å². The first kappa shape index (κ1) is 11.7. The second-order valence-electron chi connectivity index (χ2n) is 3.01. The van der Waals surface area contributed by atoms with E-state index in [1.54, 1.807) is 0 Å². The zero-order valence-corrected chi connectivity index (χ0v) is 8.68. The minimum Gasteiger partial charge on any atom is -0.377 e. The molecule has 0 rings (SSSR count). The quantitative estimate of drug-likeness (QED) is 0.617. The maximum atomic E-state index is 5.58. The fraction of sp³-hybridized carbons (Fsp3) is 0.800. The molecule has 2 atom stereocenters. The Kier molecular flexibility index (Phi) is 6.03. The molecule has 0 aliphatic rings. The van der Waals surface area contributed by atoms with Crippen molar-refractivity contribution >= 4 is 0 Å².